The molecule has 0 aromatic rings. The summed E-state index contributed by atoms with van der Waals surface area (Å²) >= 11 is -1.89. The fraction of sp³-hybridized carbons (Fsp3) is 1.00. The Labute approximate surface area is 56.7 Å². The molecule has 0 amide bonds. The van der Waals surface area contributed by atoms with E-state index in [9.17, 15) is 8.76 Å². The lowest BCUT2D eigenvalue weighted by Gasteiger charge is -2.08. The summed E-state index contributed by atoms with van der Waals surface area (Å²) in [7, 11) is 0. The maximum absolute atomic E-state index is 10.1. The quantitative estimate of drug-likeness (QED) is 0.515. The molecule has 0 aromatic carbocycles. The molecule has 2 atom stereocenters. The molecule has 0 N–H and O–H groups in total. The average Bonchev–Trinajstić information content (AvgIpc) is 2.15. The Morgan fingerprint density at radius 3 is 3.00 bits per heavy atom. The van der Waals surface area contributed by atoms with E-state index in [0.29, 0.717) is 6.61 Å². The molecule has 54 valence electrons. The molecule has 0 aliphatic carbocycles. The van der Waals surface area contributed by atoms with E-state index in [1.807, 2.05) is 0 Å². The Bertz CT molecular complexity index is 109. The first-order chi connectivity index (χ1) is 4.29. The van der Waals surface area contributed by atoms with Gasteiger partial charge >= 0.3 is 0 Å². The van der Waals surface area contributed by atoms with Crippen LogP contribution in [-0.2, 0) is 15.8 Å². The molecule has 1 unspecified atom stereocenters. The van der Waals surface area contributed by atoms with Crippen LogP contribution in [0, 0.1) is 5.92 Å². The van der Waals surface area contributed by atoms with Gasteiger partial charge in [0.1, 0.15) is 0 Å². The van der Waals surface area contributed by atoms with E-state index >= 15 is 0 Å². The second-order valence-corrected chi connectivity index (χ2v) is 3.14. The van der Waals surface area contributed by atoms with Gasteiger partial charge in [-0.15, -0.1) is 0 Å². The molecule has 1 heterocycles. The van der Waals surface area contributed by atoms with Crippen molar-refractivity contribution >= 4 is 11.1 Å². The van der Waals surface area contributed by atoms with Crippen molar-refractivity contribution in [2.75, 3.05) is 19.0 Å². The minimum Gasteiger partial charge on any atom is -0.772 e. The molecule has 1 aliphatic heterocycles. The molecule has 1 saturated heterocycles. The minimum absolute atomic E-state index is 0.253. The highest BCUT2D eigenvalue weighted by Crippen LogP contribution is 2.12. The Morgan fingerprint density at radius 2 is 2.56 bits per heavy atom. The summed E-state index contributed by atoms with van der Waals surface area (Å²) in [6.07, 6.45) is 0.897. The molecule has 1 aliphatic rings. The molecule has 0 aromatic heterocycles. The van der Waals surface area contributed by atoms with Gasteiger partial charge in [-0.3, -0.25) is 4.21 Å². The van der Waals surface area contributed by atoms with Gasteiger partial charge in [-0.25, -0.2) is 0 Å². The first kappa shape index (κ1) is 7.18. The molecule has 0 bridgehead atoms. The van der Waals surface area contributed by atoms with Gasteiger partial charge in [0, 0.05) is 12.4 Å². The maximum atomic E-state index is 10.1. The average molecular weight is 149 g/mol. The molecule has 0 spiro atoms. The first-order valence-corrected chi connectivity index (χ1v) is 4.17. The highest BCUT2D eigenvalue weighted by Gasteiger charge is 2.14. The van der Waals surface area contributed by atoms with E-state index in [-0.39, 0.29) is 11.7 Å². The standard InChI is InChI=1S/C5H10O3S/c6-9(7)4-5-1-2-8-3-5/h5H,1-4H2,(H,6,7)/p-1/t5-/m1/s1. The number of rotatable bonds is 2. The van der Waals surface area contributed by atoms with Crippen LogP contribution < -0.4 is 0 Å². The van der Waals surface area contributed by atoms with Gasteiger partial charge in [0.25, 0.3) is 0 Å². The predicted molar refractivity (Wildman–Crippen MR) is 32.7 cm³/mol. The summed E-state index contributed by atoms with van der Waals surface area (Å²) < 4.78 is 25.2. The summed E-state index contributed by atoms with van der Waals surface area (Å²) in [6, 6.07) is 0. The van der Waals surface area contributed by atoms with Gasteiger partial charge in [0.15, 0.2) is 0 Å². The van der Waals surface area contributed by atoms with Gasteiger partial charge in [-0.2, -0.15) is 0 Å². The third-order valence-electron chi connectivity index (χ3n) is 1.40. The van der Waals surface area contributed by atoms with E-state index in [1.54, 1.807) is 0 Å². The highest BCUT2D eigenvalue weighted by molar-refractivity contribution is 7.79. The van der Waals surface area contributed by atoms with Gasteiger partial charge in [0.2, 0.25) is 0 Å². The molecule has 0 radical (unpaired) electrons. The van der Waals surface area contributed by atoms with Crippen LogP contribution in [0.25, 0.3) is 0 Å². The zero-order valence-corrected chi connectivity index (χ0v) is 5.86. The summed E-state index contributed by atoms with van der Waals surface area (Å²) in [5.41, 5.74) is 0. The minimum atomic E-state index is -1.89. The third kappa shape index (κ3) is 2.43. The van der Waals surface area contributed by atoms with Gasteiger partial charge in [-0.05, 0) is 12.3 Å². The van der Waals surface area contributed by atoms with Crippen molar-refractivity contribution in [2.45, 2.75) is 6.42 Å². The Kier molecular flexibility index (Phi) is 2.63. The van der Waals surface area contributed by atoms with Gasteiger partial charge < -0.3 is 9.29 Å². The molecule has 1 rings (SSSR count). The van der Waals surface area contributed by atoms with Crippen molar-refractivity contribution in [3.8, 4) is 0 Å². The summed E-state index contributed by atoms with van der Waals surface area (Å²) in [5.74, 6) is 0.517. The van der Waals surface area contributed by atoms with E-state index in [0.717, 1.165) is 13.0 Å². The van der Waals surface area contributed by atoms with Crippen LogP contribution >= 0.6 is 0 Å². The van der Waals surface area contributed by atoms with E-state index in [1.165, 1.54) is 0 Å². The second kappa shape index (κ2) is 3.29. The van der Waals surface area contributed by atoms with Crippen molar-refractivity contribution in [1.29, 1.82) is 0 Å². The topological polar surface area (TPSA) is 49.4 Å². The maximum Gasteiger partial charge on any atom is 0.0503 e. The van der Waals surface area contributed by atoms with Crippen LogP contribution in [0.15, 0.2) is 0 Å². The van der Waals surface area contributed by atoms with Gasteiger partial charge in [0.05, 0.1) is 6.61 Å². The number of ether oxygens (including phenoxy) is 1. The Balaban J connectivity index is 2.19. The van der Waals surface area contributed by atoms with Crippen LogP contribution in [0.4, 0.5) is 0 Å². The van der Waals surface area contributed by atoms with Crippen LogP contribution in [-0.4, -0.2) is 27.7 Å². The highest BCUT2D eigenvalue weighted by atomic mass is 32.2. The SMILES string of the molecule is O=S([O-])C[C@@H]1CCOC1. The molecule has 4 heteroatoms. The smallest absolute Gasteiger partial charge is 0.0503 e. The molecule has 0 saturated carbocycles. The Hall–Kier alpha value is 0.0700. The fourth-order valence-electron chi connectivity index (χ4n) is 0.907. The van der Waals surface area contributed by atoms with Gasteiger partial charge in [-0.1, -0.05) is 11.1 Å². The predicted octanol–water partition coefficient (Wildman–Crippen LogP) is -0.0980. The van der Waals surface area contributed by atoms with E-state index < -0.39 is 11.1 Å². The van der Waals surface area contributed by atoms with Crippen LogP contribution in [0.3, 0.4) is 0 Å². The van der Waals surface area contributed by atoms with Crippen LogP contribution in [0.1, 0.15) is 6.42 Å². The van der Waals surface area contributed by atoms with E-state index in [2.05, 4.69) is 0 Å². The van der Waals surface area contributed by atoms with Crippen LogP contribution in [0.5, 0.6) is 0 Å². The lowest BCUT2D eigenvalue weighted by molar-refractivity contribution is 0.188. The molecule has 3 nitrogen and oxygen atoms in total. The van der Waals surface area contributed by atoms with E-state index in [4.69, 9.17) is 4.74 Å². The zero-order valence-electron chi connectivity index (χ0n) is 5.04. The second-order valence-electron chi connectivity index (χ2n) is 2.20. The number of hydrogen-bond donors (Lipinski definition) is 0. The summed E-state index contributed by atoms with van der Waals surface area (Å²) in [4.78, 5) is 0. The van der Waals surface area contributed by atoms with Crippen LogP contribution in [0.2, 0.25) is 0 Å². The fourth-order valence-corrected chi connectivity index (χ4v) is 1.56. The van der Waals surface area contributed by atoms with Crippen molar-refractivity contribution < 1.29 is 13.5 Å². The van der Waals surface area contributed by atoms with Crippen molar-refractivity contribution in [2.24, 2.45) is 5.92 Å². The largest absolute Gasteiger partial charge is 0.772 e. The molecular formula is C5H9O3S-. The normalized spacial score (nSPS) is 30.6. The summed E-state index contributed by atoms with van der Waals surface area (Å²) in [6.45, 7) is 1.34. The molecule has 1 fully saturated rings. The first-order valence-electron chi connectivity index (χ1n) is 2.92. The van der Waals surface area contributed by atoms with Crippen molar-refractivity contribution in [1.82, 2.24) is 0 Å². The lowest BCUT2D eigenvalue weighted by Crippen LogP contribution is -2.09. The monoisotopic (exact) mass is 149 g/mol. The lowest BCUT2D eigenvalue weighted by atomic mass is 10.2. The zero-order chi connectivity index (χ0) is 6.69. The molecular weight excluding hydrogens is 140 g/mol. The molecule has 9 heavy (non-hydrogen) atoms. The van der Waals surface area contributed by atoms with Crippen molar-refractivity contribution in [3.05, 3.63) is 0 Å². The summed E-state index contributed by atoms with van der Waals surface area (Å²) in [5, 5.41) is 0. The third-order valence-corrected chi connectivity index (χ3v) is 2.14. The Morgan fingerprint density at radius 1 is 1.78 bits per heavy atom. The van der Waals surface area contributed by atoms with Crippen molar-refractivity contribution in [3.63, 3.8) is 0 Å². The number of hydrogen-bond acceptors (Lipinski definition) is 3.